The number of nitrogens with zero attached hydrogens (tertiary/aromatic N) is 2. The second-order valence-corrected chi connectivity index (χ2v) is 7.29. The summed E-state index contributed by atoms with van der Waals surface area (Å²) in [6.07, 6.45) is 2.79. The third-order valence-electron chi connectivity index (χ3n) is 4.45. The fourth-order valence-electron chi connectivity index (χ4n) is 2.77. The van der Waals surface area contributed by atoms with E-state index in [0.29, 0.717) is 22.2 Å². The number of benzene rings is 1. The summed E-state index contributed by atoms with van der Waals surface area (Å²) < 4.78 is 18.2. The molecule has 0 spiro atoms. The molecule has 0 aliphatic heterocycles. The van der Waals surface area contributed by atoms with Crippen LogP contribution in [0.1, 0.15) is 47.1 Å². The van der Waals surface area contributed by atoms with Gasteiger partial charge in [-0.25, -0.2) is 14.2 Å². The normalized spacial score (nSPS) is 14.0. The first kappa shape index (κ1) is 18.5. The Bertz CT molecular complexity index is 800. The lowest BCUT2D eigenvalue weighted by Gasteiger charge is -2.30. The van der Waals surface area contributed by atoms with Gasteiger partial charge in [0.2, 0.25) is 5.91 Å². The van der Waals surface area contributed by atoms with Crippen molar-refractivity contribution in [3.8, 4) is 0 Å². The number of hydrogen-bond acceptors (Lipinski definition) is 5. The van der Waals surface area contributed by atoms with Crippen LogP contribution < -0.4 is 4.90 Å². The summed E-state index contributed by atoms with van der Waals surface area (Å²) in [6.45, 7) is 4.06. The molecule has 1 fully saturated rings. The Kier molecular flexibility index (Phi) is 5.66. The van der Waals surface area contributed by atoms with E-state index in [0.717, 1.165) is 36.2 Å². The topological polar surface area (TPSA) is 59.5 Å². The standard InChI is InChI=1S/C19H21FN2O3S/c1-3-25-18(24)16-12(2)21-19(26-16)22(17(23)14-5-4-6-14)11-13-7-9-15(20)10-8-13/h7-10,14H,3-6,11H2,1-2H3. The molecule has 26 heavy (non-hydrogen) atoms. The lowest BCUT2D eigenvalue weighted by Crippen LogP contribution is -2.38. The van der Waals surface area contributed by atoms with Crippen LogP contribution in [0, 0.1) is 18.7 Å². The van der Waals surface area contributed by atoms with Crippen molar-refractivity contribution in [3.63, 3.8) is 0 Å². The van der Waals surface area contributed by atoms with Gasteiger partial charge in [-0.1, -0.05) is 29.9 Å². The number of anilines is 1. The van der Waals surface area contributed by atoms with Gasteiger partial charge in [0.1, 0.15) is 10.7 Å². The van der Waals surface area contributed by atoms with Gasteiger partial charge >= 0.3 is 5.97 Å². The largest absolute Gasteiger partial charge is 0.462 e. The van der Waals surface area contributed by atoms with Gasteiger partial charge in [-0.2, -0.15) is 0 Å². The second kappa shape index (κ2) is 7.95. The third-order valence-corrected chi connectivity index (χ3v) is 5.61. The molecule has 0 radical (unpaired) electrons. The molecule has 1 amide bonds. The van der Waals surface area contributed by atoms with Crippen molar-refractivity contribution in [2.24, 2.45) is 5.92 Å². The number of ether oxygens (including phenoxy) is 1. The molecule has 2 aromatic rings. The molecule has 1 aliphatic rings. The molecule has 1 aliphatic carbocycles. The second-order valence-electron chi connectivity index (χ2n) is 6.31. The van der Waals surface area contributed by atoms with E-state index in [-0.39, 0.29) is 24.2 Å². The highest BCUT2D eigenvalue weighted by Crippen LogP contribution is 2.34. The zero-order chi connectivity index (χ0) is 18.7. The van der Waals surface area contributed by atoms with E-state index >= 15 is 0 Å². The van der Waals surface area contributed by atoms with Crippen LogP contribution in [0.5, 0.6) is 0 Å². The van der Waals surface area contributed by atoms with Crippen LogP contribution in [0.25, 0.3) is 0 Å². The van der Waals surface area contributed by atoms with Crippen LogP contribution in [-0.2, 0) is 16.1 Å². The molecule has 1 aromatic carbocycles. The van der Waals surface area contributed by atoms with Crippen molar-refractivity contribution in [1.82, 2.24) is 4.98 Å². The van der Waals surface area contributed by atoms with E-state index in [1.54, 1.807) is 30.9 Å². The lowest BCUT2D eigenvalue weighted by atomic mass is 9.84. The van der Waals surface area contributed by atoms with Crippen LogP contribution in [0.2, 0.25) is 0 Å². The molecule has 0 saturated heterocycles. The van der Waals surface area contributed by atoms with E-state index < -0.39 is 5.97 Å². The van der Waals surface area contributed by atoms with Crippen molar-refractivity contribution in [1.29, 1.82) is 0 Å². The van der Waals surface area contributed by atoms with Crippen molar-refractivity contribution in [2.45, 2.75) is 39.7 Å². The minimum atomic E-state index is -0.424. The minimum Gasteiger partial charge on any atom is -0.462 e. The smallest absolute Gasteiger partial charge is 0.350 e. The van der Waals surface area contributed by atoms with Gasteiger partial charge in [0.05, 0.1) is 18.8 Å². The number of hydrogen-bond donors (Lipinski definition) is 0. The van der Waals surface area contributed by atoms with Crippen LogP contribution in [0.15, 0.2) is 24.3 Å². The maximum Gasteiger partial charge on any atom is 0.350 e. The molecule has 1 saturated carbocycles. The molecule has 1 aromatic heterocycles. The zero-order valence-electron chi connectivity index (χ0n) is 14.8. The van der Waals surface area contributed by atoms with Crippen molar-refractivity contribution < 1.29 is 18.7 Å². The quantitative estimate of drug-likeness (QED) is 0.712. The van der Waals surface area contributed by atoms with Gasteiger partial charge in [-0.15, -0.1) is 0 Å². The predicted molar refractivity (Wildman–Crippen MR) is 97.7 cm³/mol. The summed E-state index contributed by atoms with van der Waals surface area (Å²) in [4.78, 5) is 31.4. The van der Waals surface area contributed by atoms with Crippen LogP contribution in [0.4, 0.5) is 9.52 Å². The number of carbonyl (C=O) groups is 2. The predicted octanol–water partition coefficient (Wildman–Crippen LogP) is 4.10. The fraction of sp³-hybridized carbons (Fsp3) is 0.421. The Hall–Kier alpha value is -2.28. The van der Waals surface area contributed by atoms with Crippen LogP contribution in [0.3, 0.4) is 0 Å². The van der Waals surface area contributed by atoms with E-state index in [1.807, 2.05) is 0 Å². The first-order valence-corrected chi connectivity index (χ1v) is 9.51. The summed E-state index contributed by atoms with van der Waals surface area (Å²) in [5, 5.41) is 0.478. The average molecular weight is 376 g/mol. The molecule has 138 valence electrons. The number of carbonyl (C=O) groups excluding carboxylic acids is 2. The van der Waals surface area contributed by atoms with E-state index in [4.69, 9.17) is 4.74 Å². The third kappa shape index (κ3) is 3.93. The molecular weight excluding hydrogens is 355 g/mol. The lowest BCUT2D eigenvalue weighted by molar-refractivity contribution is -0.124. The molecule has 5 nitrogen and oxygen atoms in total. The first-order chi connectivity index (χ1) is 12.5. The van der Waals surface area contributed by atoms with E-state index in [1.165, 1.54) is 12.1 Å². The molecular formula is C19H21FN2O3S. The molecule has 0 N–H and O–H groups in total. The first-order valence-electron chi connectivity index (χ1n) is 8.70. The maximum atomic E-state index is 13.2. The summed E-state index contributed by atoms with van der Waals surface area (Å²) in [5.74, 6) is -0.748. The van der Waals surface area contributed by atoms with Crippen molar-refractivity contribution in [2.75, 3.05) is 11.5 Å². The van der Waals surface area contributed by atoms with Crippen LogP contribution >= 0.6 is 11.3 Å². The highest BCUT2D eigenvalue weighted by molar-refractivity contribution is 7.17. The number of rotatable bonds is 6. The monoisotopic (exact) mass is 376 g/mol. The van der Waals surface area contributed by atoms with Crippen LogP contribution in [-0.4, -0.2) is 23.5 Å². The van der Waals surface area contributed by atoms with Gasteiger partial charge in [0.15, 0.2) is 5.13 Å². The number of aryl methyl sites for hydroxylation is 1. The van der Waals surface area contributed by atoms with Gasteiger partial charge in [0.25, 0.3) is 0 Å². The maximum absolute atomic E-state index is 13.2. The molecule has 1 heterocycles. The van der Waals surface area contributed by atoms with Gasteiger partial charge in [-0.3, -0.25) is 9.69 Å². The van der Waals surface area contributed by atoms with Crippen molar-refractivity contribution >= 4 is 28.3 Å². The van der Waals surface area contributed by atoms with Gasteiger partial charge in [-0.05, 0) is 44.4 Å². The number of thiazole rings is 1. The zero-order valence-corrected chi connectivity index (χ0v) is 15.6. The molecule has 7 heteroatoms. The highest BCUT2D eigenvalue weighted by Gasteiger charge is 2.32. The number of halogens is 1. The van der Waals surface area contributed by atoms with Gasteiger partial charge < -0.3 is 4.74 Å². The van der Waals surface area contributed by atoms with Gasteiger partial charge in [0, 0.05) is 5.92 Å². The Morgan fingerprint density at radius 2 is 2.00 bits per heavy atom. The molecule has 0 atom stereocenters. The summed E-state index contributed by atoms with van der Waals surface area (Å²) >= 11 is 1.16. The Morgan fingerprint density at radius 1 is 1.31 bits per heavy atom. The number of amides is 1. The Balaban J connectivity index is 1.89. The molecule has 0 unspecified atom stereocenters. The Morgan fingerprint density at radius 3 is 2.58 bits per heavy atom. The highest BCUT2D eigenvalue weighted by atomic mass is 32.1. The number of esters is 1. The SMILES string of the molecule is CCOC(=O)c1sc(N(Cc2ccc(F)cc2)C(=O)C2CCC2)nc1C. The summed E-state index contributed by atoms with van der Waals surface area (Å²) in [6, 6.07) is 6.06. The van der Waals surface area contributed by atoms with E-state index in [9.17, 15) is 14.0 Å². The van der Waals surface area contributed by atoms with E-state index in [2.05, 4.69) is 4.98 Å². The average Bonchev–Trinajstić information content (AvgIpc) is 2.94. The summed E-state index contributed by atoms with van der Waals surface area (Å²) in [7, 11) is 0. The summed E-state index contributed by atoms with van der Waals surface area (Å²) in [5.41, 5.74) is 1.36. The molecule has 3 rings (SSSR count). The Labute approximate surface area is 155 Å². The minimum absolute atomic E-state index is 0.00438. The molecule has 0 bridgehead atoms. The fourth-order valence-corrected chi connectivity index (χ4v) is 3.74. The number of aromatic nitrogens is 1. The van der Waals surface area contributed by atoms with Crippen molar-refractivity contribution in [3.05, 3.63) is 46.2 Å².